The first-order valence-electron chi connectivity index (χ1n) is 5.14. The van der Waals surface area contributed by atoms with Gasteiger partial charge in [0, 0.05) is 24.6 Å². The molecule has 72 valence electrons. The number of hydrogen-bond donors (Lipinski definition) is 0. The minimum Gasteiger partial charge on any atom is -0.335 e. The third-order valence-electron chi connectivity index (χ3n) is 2.68. The molecule has 0 saturated carbocycles. The summed E-state index contributed by atoms with van der Waals surface area (Å²) in [6.45, 7) is 7.84. The number of aromatic nitrogens is 2. The van der Waals surface area contributed by atoms with Crippen molar-refractivity contribution in [3.63, 3.8) is 0 Å². The van der Waals surface area contributed by atoms with Crippen LogP contribution in [0.2, 0.25) is 0 Å². The highest BCUT2D eigenvalue weighted by atomic mass is 15.1. The van der Waals surface area contributed by atoms with E-state index >= 15 is 0 Å². The second kappa shape index (κ2) is 2.86. The number of rotatable bonds is 0. The van der Waals surface area contributed by atoms with Crippen molar-refractivity contribution in [3.05, 3.63) is 17.7 Å². The average molecular weight is 178 g/mol. The Labute approximate surface area is 80.0 Å². The Kier molecular flexibility index (Phi) is 1.94. The molecule has 1 aliphatic rings. The summed E-state index contributed by atoms with van der Waals surface area (Å²) < 4.78 is 2.32. The predicted octanol–water partition coefficient (Wildman–Crippen LogP) is 2.52. The number of imidazole rings is 1. The first kappa shape index (κ1) is 8.79. The average Bonchev–Trinajstić information content (AvgIpc) is 2.45. The van der Waals surface area contributed by atoms with Crippen LogP contribution in [0.25, 0.3) is 0 Å². The Balaban J connectivity index is 2.36. The fourth-order valence-corrected chi connectivity index (χ4v) is 1.77. The molecule has 0 saturated heterocycles. The molecule has 0 N–H and O–H groups in total. The van der Waals surface area contributed by atoms with Crippen LogP contribution in [0.1, 0.15) is 45.1 Å². The largest absolute Gasteiger partial charge is 0.335 e. The van der Waals surface area contributed by atoms with Crippen LogP contribution in [0.15, 0.2) is 6.20 Å². The lowest BCUT2D eigenvalue weighted by Crippen LogP contribution is -2.11. The summed E-state index contributed by atoms with van der Waals surface area (Å²) in [7, 11) is 0. The molecule has 0 aromatic carbocycles. The van der Waals surface area contributed by atoms with Crippen molar-refractivity contribution in [1.82, 2.24) is 9.55 Å². The van der Waals surface area contributed by atoms with Gasteiger partial charge in [-0.3, -0.25) is 0 Å². The summed E-state index contributed by atoms with van der Waals surface area (Å²) in [5, 5.41) is 0. The molecule has 0 radical (unpaired) electrons. The second-order valence-corrected chi connectivity index (χ2v) is 4.94. The lowest BCUT2D eigenvalue weighted by molar-refractivity contribution is 0.522. The summed E-state index contributed by atoms with van der Waals surface area (Å²) in [6.07, 6.45) is 6.01. The molecular weight excluding hydrogens is 160 g/mol. The molecular formula is C11H18N2. The molecule has 0 amide bonds. The van der Waals surface area contributed by atoms with Crippen LogP contribution in [-0.2, 0) is 18.4 Å². The molecule has 0 unspecified atom stereocenters. The van der Waals surface area contributed by atoms with Gasteiger partial charge in [-0.25, -0.2) is 4.98 Å². The van der Waals surface area contributed by atoms with Gasteiger partial charge in [0.25, 0.3) is 0 Å². The topological polar surface area (TPSA) is 17.8 Å². The third kappa shape index (κ3) is 1.62. The van der Waals surface area contributed by atoms with Crippen LogP contribution in [0.3, 0.4) is 0 Å². The summed E-state index contributed by atoms with van der Waals surface area (Å²) >= 11 is 0. The molecule has 0 fully saturated rings. The lowest BCUT2D eigenvalue weighted by Gasteiger charge is -2.14. The van der Waals surface area contributed by atoms with Gasteiger partial charge in [-0.05, 0) is 12.8 Å². The first-order valence-corrected chi connectivity index (χ1v) is 5.14. The fraction of sp³-hybridized carbons (Fsp3) is 0.727. The van der Waals surface area contributed by atoms with E-state index in [0.717, 1.165) is 6.42 Å². The van der Waals surface area contributed by atoms with E-state index in [2.05, 4.69) is 36.5 Å². The van der Waals surface area contributed by atoms with E-state index in [1.807, 2.05) is 0 Å². The van der Waals surface area contributed by atoms with Gasteiger partial charge < -0.3 is 4.57 Å². The molecule has 0 bridgehead atoms. The van der Waals surface area contributed by atoms with E-state index in [0.29, 0.717) is 0 Å². The lowest BCUT2D eigenvalue weighted by atomic mass is 9.93. The van der Waals surface area contributed by atoms with Gasteiger partial charge in [-0.1, -0.05) is 20.8 Å². The monoisotopic (exact) mass is 178 g/mol. The molecule has 1 aromatic heterocycles. The summed E-state index contributed by atoms with van der Waals surface area (Å²) in [5.41, 5.74) is 1.44. The van der Waals surface area contributed by atoms with Crippen LogP contribution < -0.4 is 0 Å². The Bertz CT molecular complexity index is 281. The summed E-state index contributed by atoms with van der Waals surface area (Å²) in [5.74, 6) is 1.29. The van der Waals surface area contributed by atoms with Gasteiger partial charge in [0.2, 0.25) is 0 Å². The quantitative estimate of drug-likeness (QED) is 0.597. The van der Waals surface area contributed by atoms with Gasteiger partial charge in [-0.15, -0.1) is 0 Å². The molecule has 2 heterocycles. The first-order chi connectivity index (χ1) is 6.07. The van der Waals surface area contributed by atoms with E-state index in [1.165, 1.54) is 30.9 Å². The van der Waals surface area contributed by atoms with Crippen LogP contribution in [0, 0.1) is 0 Å². The molecule has 0 spiro atoms. The van der Waals surface area contributed by atoms with Crippen molar-refractivity contribution in [2.45, 2.75) is 52.0 Å². The molecule has 2 nitrogen and oxygen atoms in total. The van der Waals surface area contributed by atoms with Gasteiger partial charge in [0.05, 0.1) is 5.69 Å². The van der Waals surface area contributed by atoms with Crippen LogP contribution in [-0.4, -0.2) is 9.55 Å². The molecule has 2 rings (SSSR count). The summed E-state index contributed by atoms with van der Waals surface area (Å²) in [6, 6.07) is 0. The van der Waals surface area contributed by atoms with Crippen LogP contribution in [0.5, 0.6) is 0 Å². The normalized spacial score (nSPS) is 17.2. The maximum atomic E-state index is 4.69. The van der Waals surface area contributed by atoms with E-state index in [4.69, 9.17) is 0 Å². The fourth-order valence-electron chi connectivity index (χ4n) is 1.77. The van der Waals surface area contributed by atoms with Crippen molar-refractivity contribution < 1.29 is 0 Å². The minimum atomic E-state index is 0.199. The number of aryl methyl sites for hydroxylation is 2. The summed E-state index contributed by atoms with van der Waals surface area (Å²) in [4.78, 5) is 4.69. The van der Waals surface area contributed by atoms with Gasteiger partial charge >= 0.3 is 0 Å². The smallest absolute Gasteiger partial charge is 0.108 e. The van der Waals surface area contributed by atoms with E-state index in [-0.39, 0.29) is 5.41 Å². The highest BCUT2D eigenvalue weighted by Gasteiger charge is 2.20. The molecule has 2 heteroatoms. The predicted molar refractivity (Wildman–Crippen MR) is 53.9 cm³/mol. The zero-order chi connectivity index (χ0) is 9.47. The highest BCUT2D eigenvalue weighted by molar-refractivity contribution is 5.14. The third-order valence-corrected chi connectivity index (χ3v) is 2.68. The molecule has 0 atom stereocenters. The number of nitrogens with zero attached hydrogens (tertiary/aromatic N) is 2. The molecule has 1 aliphatic heterocycles. The van der Waals surface area contributed by atoms with Crippen molar-refractivity contribution in [3.8, 4) is 0 Å². The number of hydrogen-bond acceptors (Lipinski definition) is 1. The zero-order valence-electron chi connectivity index (χ0n) is 8.80. The van der Waals surface area contributed by atoms with Gasteiger partial charge in [0.1, 0.15) is 5.82 Å². The second-order valence-electron chi connectivity index (χ2n) is 4.94. The maximum Gasteiger partial charge on any atom is 0.108 e. The van der Waals surface area contributed by atoms with Crippen LogP contribution in [0.4, 0.5) is 0 Å². The Morgan fingerprint density at radius 3 is 2.69 bits per heavy atom. The Hall–Kier alpha value is -0.790. The van der Waals surface area contributed by atoms with E-state index in [1.54, 1.807) is 0 Å². The highest BCUT2D eigenvalue weighted by Crippen LogP contribution is 2.23. The molecule has 1 aromatic rings. The SMILES string of the molecule is CC(C)(C)c1cn2c(n1)CCCC2. The van der Waals surface area contributed by atoms with E-state index < -0.39 is 0 Å². The van der Waals surface area contributed by atoms with Gasteiger partial charge in [0.15, 0.2) is 0 Å². The van der Waals surface area contributed by atoms with E-state index in [9.17, 15) is 0 Å². The standard InChI is InChI=1S/C11H18N2/c1-11(2,3)9-8-13-7-5-4-6-10(13)12-9/h8H,4-7H2,1-3H3. The Morgan fingerprint density at radius 1 is 1.31 bits per heavy atom. The Morgan fingerprint density at radius 2 is 2.08 bits per heavy atom. The zero-order valence-corrected chi connectivity index (χ0v) is 8.80. The van der Waals surface area contributed by atoms with Crippen molar-refractivity contribution in [1.29, 1.82) is 0 Å². The van der Waals surface area contributed by atoms with Gasteiger partial charge in [-0.2, -0.15) is 0 Å². The van der Waals surface area contributed by atoms with Crippen molar-refractivity contribution in [2.75, 3.05) is 0 Å². The maximum absolute atomic E-state index is 4.69. The molecule has 13 heavy (non-hydrogen) atoms. The van der Waals surface area contributed by atoms with Crippen molar-refractivity contribution >= 4 is 0 Å². The molecule has 0 aliphatic carbocycles. The van der Waals surface area contributed by atoms with Crippen molar-refractivity contribution in [2.24, 2.45) is 0 Å². The van der Waals surface area contributed by atoms with Crippen LogP contribution >= 0.6 is 0 Å². The number of fused-ring (bicyclic) bond motifs is 1. The minimum absolute atomic E-state index is 0.199.